The molecular formula is C21H15N5O3. The lowest BCUT2D eigenvalue weighted by Gasteiger charge is -2.19. The number of para-hydroxylation sites is 1. The molecule has 1 amide bonds. The van der Waals surface area contributed by atoms with Gasteiger partial charge in [0, 0.05) is 40.7 Å². The number of non-ortho nitro benzene ring substituents is 1. The minimum atomic E-state index is -0.550. The van der Waals surface area contributed by atoms with Gasteiger partial charge in [0.2, 0.25) is 0 Å². The van der Waals surface area contributed by atoms with Crippen LogP contribution in [0.1, 0.15) is 27.5 Å². The zero-order chi connectivity index (χ0) is 20.1. The van der Waals surface area contributed by atoms with Gasteiger partial charge >= 0.3 is 0 Å². The first-order chi connectivity index (χ1) is 14.0. The zero-order valence-corrected chi connectivity index (χ0v) is 15.1. The zero-order valence-electron chi connectivity index (χ0n) is 15.1. The molecule has 1 atom stereocenters. The third-order valence-electron chi connectivity index (χ3n) is 5.23. The Morgan fingerprint density at radius 3 is 2.62 bits per heavy atom. The van der Waals surface area contributed by atoms with Gasteiger partial charge in [-0.3, -0.25) is 14.9 Å². The van der Waals surface area contributed by atoms with Crippen LogP contribution in [-0.4, -0.2) is 20.4 Å². The summed E-state index contributed by atoms with van der Waals surface area (Å²) >= 11 is 0. The number of fused-ring (bicyclic) bond motifs is 2. The van der Waals surface area contributed by atoms with Gasteiger partial charge in [-0.1, -0.05) is 18.2 Å². The van der Waals surface area contributed by atoms with Crippen LogP contribution in [0.5, 0.6) is 0 Å². The number of nitrogens with two attached hydrogens (primary N) is 1. The Morgan fingerprint density at radius 2 is 1.90 bits per heavy atom. The smallest absolute Gasteiger partial charge is 0.269 e. The molecule has 1 unspecified atom stereocenters. The SMILES string of the molecule is NC(=O)c1cnn2ccc3c2c1-c1ccccc1NC3c1ccc([N+](=O)[O-])cc1. The van der Waals surface area contributed by atoms with Crippen LogP contribution in [0.2, 0.25) is 0 Å². The van der Waals surface area contributed by atoms with Crippen LogP contribution >= 0.6 is 0 Å². The van der Waals surface area contributed by atoms with Gasteiger partial charge < -0.3 is 11.1 Å². The lowest BCUT2D eigenvalue weighted by molar-refractivity contribution is -0.384. The molecule has 4 aromatic rings. The largest absolute Gasteiger partial charge is 0.374 e. The topological polar surface area (TPSA) is 116 Å². The summed E-state index contributed by atoms with van der Waals surface area (Å²) < 4.78 is 1.72. The Bertz CT molecular complexity index is 1290. The predicted octanol–water partition coefficient (Wildman–Crippen LogP) is 3.52. The number of nitro benzene ring substituents is 1. The fraction of sp³-hybridized carbons (Fsp3) is 0.0476. The molecule has 29 heavy (non-hydrogen) atoms. The lowest BCUT2D eigenvalue weighted by atomic mass is 9.96. The molecule has 8 heteroatoms. The standard InChI is InChI=1S/C21H15N5O3/c22-21(27)16-11-23-25-10-9-15-19(12-5-7-13(8-6-12)26(28)29)24-17-4-2-1-3-14(17)18(16)20(15)25/h1-11,19,24H,(H2,22,27). The number of nitro groups is 1. The fourth-order valence-electron chi connectivity index (χ4n) is 3.91. The van der Waals surface area contributed by atoms with Gasteiger partial charge in [-0.2, -0.15) is 5.10 Å². The quantitative estimate of drug-likeness (QED) is 0.413. The van der Waals surface area contributed by atoms with Gasteiger partial charge in [-0.15, -0.1) is 0 Å². The van der Waals surface area contributed by atoms with Gasteiger partial charge in [0.25, 0.3) is 11.6 Å². The van der Waals surface area contributed by atoms with Crippen molar-refractivity contribution in [1.82, 2.24) is 9.61 Å². The van der Waals surface area contributed by atoms with Crippen molar-refractivity contribution in [3.8, 4) is 11.1 Å². The number of rotatable bonds is 3. The van der Waals surface area contributed by atoms with Crippen LogP contribution in [0, 0.1) is 10.1 Å². The van der Waals surface area contributed by atoms with Crippen molar-refractivity contribution in [3.63, 3.8) is 0 Å². The van der Waals surface area contributed by atoms with Gasteiger partial charge in [-0.25, -0.2) is 4.52 Å². The van der Waals surface area contributed by atoms with Crippen LogP contribution in [-0.2, 0) is 0 Å². The highest BCUT2D eigenvalue weighted by molar-refractivity contribution is 6.06. The number of aromatic nitrogens is 2. The predicted molar refractivity (Wildman–Crippen MR) is 108 cm³/mol. The Hall–Kier alpha value is -4.20. The highest BCUT2D eigenvalue weighted by Crippen LogP contribution is 2.43. The summed E-state index contributed by atoms with van der Waals surface area (Å²) in [4.78, 5) is 22.7. The van der Waals surface area contributed by atoms with Gasteiger partial charge in [0.15, 0.2) is 0 Å². The highest BCUT2D eigenvalue weighted by atomic mass is 16.6. The highest BCUT2D eigenvalue weighted by Gasteiger charge is 2.28. The van der Waals surface area contributed by atoms with E-state index in [1.54, 1.807) is 16.6 Å². The average Bonchev–Trinajstić information content (AvgIpc) is 3.09. The summed E-state index contributed by atoms with van der Waals surface area (Å²) in [5.74, 6) is -0.550. The summed E-state index contributed by atoms with van der Waals surface area (Å²) in [7, 11) is 0. The number of anilines is 1. The Balaban J connectivity index is 1.81. The molecule has 0 saturated heterocycles. The molecule has 0 bridgehead atoms. The maximum absolute atomic E-state index is 12.1. The first kappa shape index (κ1) is 16.9. The second kappa shape index (κ2) is 6.16. The van der Waals surface area contributed by atoms with Crippen LogP contribution < -0.4 is 11.1 Å². The van der Waals surface area contributed by atoms with Crippen molar-refractivity contribution < 1.29 is 9.72 Å². The van der Waals surface area contributed by atoms with Gasteiger partial charge in [0.1, 0.15) is 0 Å². The number of hydrogen-bond donors (Lipinski definition) is 2. The summed E-state index contributed by atoms with van der Waals surface area (Å²) in [5, 5.41) is 18.9. The minimum absolute atomic E-state index is 0.0304. The van der Waals surface area contributed by atoms with E-state index in [-0.39, 0.29) is 11.7 Å². The molecule has 1 aliphatic heterocycles. The molecule has 0 spiro atoms. The van der Waals surface area contributed by atoms with Crippen molar-refractivity contribution in [1.29, 1.82) is 0 Å². The second-order valence-electron chi connectivity index (χ2n) is 6.83. The molecule has 0 saturated carbocycles. The van der Waals surface area contributed by atoms with Crippen molar-refractivity contribution in [2.45, 2.75) is 6.04 Å². The first-order valence-electron chi connectivity index (χ1n) is 8.95. The van der Waals surface area contributed by atoms with Crippen LogP contribution in [0.25, 0.3) is 16.6 Å². The van der Waals surface area contributed by atoms with E-state index in [0.717, 1.165) is 33.5 Å². The van der Waals surface area contributed by atoms with Crippen LogP contribution in [0.15, 0.2) is 67.0 Å². The van der Waals surface area contributed by atoms with Gasteiger partial charge in [-0.05, 0) is 29.8 Å². The molecule has 2 aromatic carbocycles. The average molecular weight is 385 g/mol. The monoisotopic (exact) mass is 385 g/mol. The summed E-state index contributed by atoms with van der Waals surface area (Å²) in [6, 6.07) is 15.8. The summed E-state index contributed by atoms with van der Waals surface area (Å²) in [5.41, 5.74) is 11.0. The number of nitrogens with one attached hydrogen (secondary N) is 1. The molecule has 8 nitrogen and oxygen atoms in total. The molecule has 0 fully saturated rings. The molecule has 142 valence electrons. The van der Waals surface area contributed by atoms with Crippen molar-refractivity contribution in [2.75, 3.05) is 5.32 Å². The number of carbonyl (C=O) groups is 1. The van der Waals surface area contributed by atoms with Gasteiger partial charge in [0.05, 0.1) is 28.2 Å². The maximum Gasteiger partial charge on any atom is 0.269 e. The van der Waals surface area contributed by atoms with E-state index in [1.165, 1.54) is 18.3 Å². The lowest BCUT2D eigenvalue weighted by Crippen LogP contribution is -2.14. The molecular weight excluding hydrogens is 370 g/mol. The molecule has 5 rings (SSSR count). The number of carbonyl (C=O) groups excluding carboxylic acids is 1. The molecule has 1 aliphatic rings. The van der Waals surface area contributed by atoms with Crippen LogP contribution in [0.4, 0.5) is 11.4 Å². The second-order valence-corrected chi connectivity index (χ2v) is 6.83. The maximum atomic E-state index is 12.1. The number of nitrogens with zero attached hydrogens (tertiary/aromatic N) is 3. The van der Waals surface area contributed by atoms with E-state index >= 15 is 0 Å². The molecule has 0 radical (unpaired) electrons. The van der Waals surface area contributed by atoms with Crippen molar-refractivity contribution in [3.05, 3.63) is 93.8 Å². The Kier molecular flexibility index (Phi) is 3.60. The normalized spacial score (nSPS) is 14.7. The summed E-state index contributed by atoms with van der Waals surface area (Å²) in [6.45, 7) is 0. The first-order valence-corrected chi connectivity index (χ1v) is 8.95. The summed E-state index contributed by atoms with van der Waals surface area (Å²) in [6.07, 6.45) is 3.31. The Morgan fingerprint density at radius 1 is 1.14 bits per heavy atom. The third kappa shape index (κ3) is 2.53. The van der Waals surface area contributed by atoms with Crippen molar-refractivity contribution >= 4 is 22.8 Å². The van der Waals surface area contributed by atoms with E-state index < -0.39 is 10.8 Å². The van der Waals surface area contributed by atoms with E-state index in [2.05, 4.69) is 10.4 Å². The molecule has 3 N–H and O–H groups in total. The van der Waals surface area contributed by atoms with E-state index in [0.29, 0.717) is 5.56 Å². The van der Waals surface area contributed by atoms with Crippen molar-refractivity contribution in [2.24, 2.45) is 5.73 Å². The Labute approximate surface area is 164 Å². The number of benzene rings is 2. The fourth-order valence-corrected chi connectivity index (χ4v) is 3.91. The number of primary amides is 1. The number of hydrogen-bond acceptors (Lipinski definition) is 5. The van der Waals surface area contributed by atoms with E-state index in [1.807, 2.05) is 36.5 Å². The molecule has 3 heterocycles. The van der Waals surface area contributed by atoms with Crippen LogP contribution in [0.3, 0.4) is 0 Å². The molecule has 2 aromatic heterocycles. The van der Waals surface area contributed by atoms with E-state index in [9.17, 15) is 14.9 Å². The molecule has 0 aliphatic carbocycles. The number of amides is 1. The van der Waals surface area contributed by atoms with E-state index in [4.69, 9.17) is 5.73 Å². The minimum Gasteiger partial charge on any atom is -0.374 e. The third-order valence-corrected chi connectivity index (χ3v) is 5.23.